The van der Waals surface area contributed by atoms with E-state index >= 15 is 0 Å². The molecule has 1 N–H and O–H groups in total. The summed E-state index contributed by atoms with van der Waals surface area (Å²) in [6.07, 6.45) is 0.584. The highest BCUT2D eigenvalue weighted by molar-refractivity contribution is 9.10. The summed E-state index contributed by atoms with van der Waals surface area (Å²) in [6, 6.07) is 10.9. The van der Waals surface area contributed by atoms with Crippen molar-refractivity contribution in [1.29, 1.82) is 0 Å². The van der Waals surface area contributed by atoms with Crippen molar-refractivity contribution in [2.45, 2.75) is 26.3 Å². The van der Waals surface area contributed by atoms with Gasteiger partial charge in [-0.05, 0) is 66.9 Å². The van der Waals surface area contributed by atoms with Crippen molar-refractivity contribution in [3.63, 3.8) is 0 Å². The van der Waals surface area contributed by atoms with Gasteiger partial charge in [-0.25, -0.2) is 4.39 Å². The van der Waals surface area contributed by atoms with Crippen LogP contribution in [0.1, 0.15) is 29.7 Å². The fourth-order valence-electron chi connectivity index (χ4n) is 2.44. The van der Waals surface area contributed by atoms with Gasteiger partial charge in [0, 0.05) is 15.5 Å². The number of likely N-dealkylation sites (N-methyl/N-ethyl adjacent to an activating group) is 1. The van der Waals surface area contributed by atoms with Crippen LogP contribution in [0.15, 0.2) is 40.9 Å². The van der Waals surface area contributed by atoms with Crippen molar-refractivity contribution in [1.82, 2.24) is 5.32 Å². The van der Waals surface area contributed by atoms with E-state index in [9.17, 15) is 4.39 Å². The van der Waals surface area contributed by atoms with E-state index in [2.05, 4.69) is 21.2 Å². The maximum atomic E-state index is 14.0. The lowest BCUT2D eigenvalue weighted by Gasteiger charge is -2.21. The monoisotopic (exact) mass is 369 g/mol. The molecule has 1 atom stereocenters. The van der Waals surface area contributed by atoms with Crippen LogP contribution in [0.5, 0.6) is 0 Å². The van der Waals surface area contributed by atoms with Crippen molar-refractivity contribution >= 4 is 27.5 Å². The van der Waals surface area contributed by atoms with Gasteiger partial charge in [0.25, 0.3) is 0 Å². The lowest BCUT2D eigenvalue weighted by Crippen LogP contribution is -2.24. The lowest BCUT2D eigenvalue weighted by molar-refractivity contribution is 0.526. The van der Waals surface area contributed by atoms with E-state index in [1.165, 1.54) is 6.07 Å². The third-order valence-electron chi connectivity index (χ3n) is 3.50. The summed E-state index contributed by atoms with van der Waals surface area (Å²) in [4.78, 5) is 0. The highest BCUT2D eigenvalue weighted by Gasteiger charge is 2.16. The van der Waals surface area contributed by atoms with Crippen LogP contribution in [-0.2, 0) is 6.42 Å². The van der Waals surface area contributed by atoms with Crippen LogP contribution < -0.4 is 5.32 Å². The molecule has 0 heterocycles. The Morgan fingerprint density at radius 1 is 1.24 bits per heavy atom. The molecule has 0 amide bonds. The third kappa shape index (κ3) is 4.29. The highest BCUT2D eigenvalue weighted by Crippen LogP contribution is 2.27. The molecule has 1 nitrogen and oxygen atoms in total. The van der Waals surface area contributed by atoms with Crippen LogP contribution >= 0.6 is 27.5 Å². The molecule has 0 radical (unpaired) electrons. The minimum atomic E-state index is -0.180. The zero-order valence-corrected chi connectivity index (χ0v) is 14.4. The molecular formula is C17H18BrClFN. The summed E-state index contributed by atoms with van der Waals surface area (Å²) in [5.74, 6) is -0.180. The summed E-state index contributed by atoms with van der Waals surface area (Å²) in [5.41, 5.74) is 2.96. The predicted octanol–water partition coefficient (Wildman–Crippen LogP) is 5.44. The fraction of sp³-hybridized carbons (Fsp3) is 0.294. The molecule has 0 aliphatic heterocycles. The minimum absolute atomic E-state index is 0.0394. The topological polar surface area (TPSA) is 12.0 Å². The summed E-state index contributed by atoms with van der Waals surface area (Å²) in [6.45, 7) is 4.91. The van der Waals surface area contributed by atoms with Crippen LogP contribution in [0.4, 0.5) is 4.39 Å². The molecule has 0 bridgehead atoms. The van der Waals surface area contributed by atoms with Crippen molar-refractivity contribution in [3.8, 4) is 0 Å². The molecule has 4 heteroatoms. The van der Waals surface area contributed by atoms with Gasteiger partial charge in [0.1, 0.15) is 5.82 Å². The van der Waals surface area contributed by atoms with Crippen LogP contribution in [-0.4, -0.2) is 6.54 Å². The average molecular weight is 371 g/mol. The first-order chi connectivity index (χ1) is 10.0. The van der Waals surface area contributed by atoms with Crippen LogP contribution in [0.3, 0.4) is 0 Å². The Morgan fingerprint density at radius 3 is 2.71 bits per heavy atom. The van der Waals surface area contributed by atoms with Gasteiger partial charge < -0.3 is 5.32 Å². The van der Waals surface area contributed by atoms with Gasteiger partial charge in [0.2, 0.25) is 0 Å². The number of aryl methyl sites for hydroxylation is 1. The van der Waals surface area contributed by atoms with E-state index in [0.29, 0.717) is 17.0 Å². The predicted molar refractivity (Wildman–Crippen MR) is 90.4 cm³/mol. The van der Waals surface area contributed by atoms with Gasteiger partial charge in [-0.1, -0.05) is 40.5 Å². The standard InChI is InChI=1S/C17H18BrClFN/c1-3-21-17(15-10-14(19)6-4-11(15)2)9-12-8-13(18)5-7-16(12)20/h4-8,10,17,21H,3,9H2,1-2H3. The van der Waals surface area contributed by atoms with Gasteiger partial charge in [0.05, 0.1) is 0 Å². The Labute approximate surface area is 138 Å². The first-order valence-electron chi connectivity index (χ1n) is 6.94. The molecule has 2 rings (SSSR count). The van der Waals surface area contributed by atoms with E-state index in [-0.39, 0.29) is 11.9 Å². The minimum Gasteiger partial charge on any atom is -0.310 e. The van der Waals surface area contributed by atoms with Crippen molar-refractivity contribution in [3.05, 3.63) is 68.4 Å². The van der Waals surface area contributed by atoms with E-state index in [1.54, 1.807) is 6.07 Å². The molecular weight excluding hydrogens is 353 g/mol. The average Bonchev–Trinajstić information content (AvgIpc) is 2.45. The lowest BCUT2D eigenvalue weighted by atomic mass is 9.95. The second kappa shape index (κ2) is 7.39. The molecule has 0 fully saturated rings. The number of nitrogens with one attached hydrogen (secondary N) is 1. The first-order valence-corrected chi connectivity index (χ1v) is 8.11. The molecule has 21 heavy (non-hydrogen) atoms. The Morgan fingerprint density at radius 2 is 2.00 bits per heavy atom. The zero-order chi connectivity index (χ0) is 15.4. The number of hydrogen-bond acceptors (Lipinski definition) is 1. The number of rotatable bonds is 5. The number of benzene rings is 2. The number of halogens is 3. The largest absolute Gasteiger partial charge is 0.310 e. The smallest absolute Gasteiger partial charge is 0.126 e. The van der Waals surface area contributed by atoms with Gasteiger partial charge in [-0.3, -0.25) is 0 Å². The second-order valence-corrected chi connectivity index (χ2v) is 6.40. The first kappa shape index (κ1) is 16.5. The molecule has 0 saturated heterocycles. The Hall–Kier alpha value is -0.900. The molecule has 112 valence electrons. The molecule has 1 unspecified atom stereocenters. The number of hydrogen-bond donors (Lipinski definition) is 1. The van der Waals surface area contributed by atoms with Crippen molar-refractivity contribution in [2.75, 3.05) is 6.54 Å². The van der Waals surface area contributed by atoms with E-state index in [4.69, 9.17) is 11.6 Å². The third-order valence-corrected chi connectivity index (χ3v) is 4.23. The maximum absolute atomic E-state index is 14.0. The van der Waals surface area contributed by atoms with Crippen LogP contribution in [0, 0.1) is 12.7 Å². The van der Waals surface area contributed by atoms with E-state index in [0.717, 1.165) is 22.1 Å². The summed E-state index contributed by atoms with van der Waals surface area (Å²) >= 11 is 9.51. The Bertz CT molecular complexity index is 630. The summed E-state index contributed by atoms with van der Waals surface area (Å²) in [7, 11) is 0. The Balaban J connectivity index is 2.35. The highest BCUT2D eigenvalue weighted by atomic mass is 79.9. The normalized spacial score (nSPS) is 12.4. The van der Waals surface area contributed by atoms with Crippen LogP contribution in [0.2, 0.25) is 5.02 Å². The van der Waals surface area contributed by atoms with Crippen molar-refractivity contribution in [2.24, 2.45) is 0 Å². The zero-order valence-electron chi connectivity index (χ0n) is 12.1. The molecule has 0 spiro atoms. The molecule has 0 aliphatic carbocycles. The summed E-state index contributed by atoms with van der Waals surface area (Å²) < 4.78 is 14.9. The van der Waals surface area contributed by atoms with E-state index < -0.39 is 0 Å². The van der Waals surface area contributed by atoms with E-state index in [1.807, 2.05) is 38.1 Å². The van der Waals surface area contributed by atoms with Gasteiger partial charge in [-0.2, -0.15) is 0 Å². The molecule has 0 aliphatic rings. The second-order valence-electron chi connectivity index (χ2n) is 5.05. The van der Waals surface area contributed by atoms with Crippen molar-refractivity contribution < 1.29 is 4.39 Å². The summed E-state index contributed by atoms with van der Waals surface area (Å²) in [5, 5.41) is 4.12. The fourth-order valence-corrected chi connectivity index (χ4v) is 3.03. The van der Waals surface area contributed by atoms with Gasteiger partial charge >= 0.3 is 0 Å². The van der Waals surface area contributed by atoms with Gasteiger partial charge in [-0.15, -0.1) is 0 Å². The SMILES string of the molecule is CCNC(Cc1cc(Br)ccc1F)c1cc(Cl)ccc1C. The molecule has 2 aromatic carbocycles. The molecule has 0 saturated carbocycles. The quantitative estimate of drug-likeness (QED) is 0.738. The maximum Gasteiger partial charge on any atom is 0.126 e. The van der Waals surface area contributed by atoms with Crippen LogP contribution in [0.25, 0.3) is 0 Å². The van der Waals surface area contributed by atoms with Gasteiger partial charge in [0.15, 0.2) is 0 Å². The Kier molecular flexibility index (Phi) is 5.80. The molecule has 0 aromatic heterocycles. The molecule has 2 aromatic rings.